The van der Waals surface area contributed by atoms with Crippen LogP contribution >= 0.6 is 0 Å². The predicted octanol–water partition coefficient (Wildman–Crippen LogP) is 2.81. The topological polar surface area (TPSA) is 40.5 Å². The Bertz CT molecular complexity index is 426. The number of nitrogens with zero attached hydrogens (tertiary/aromatic N) is 1. The fourth-order valence-corrected chi connectivity index (χ4v) is 3.18. The minimum absolute atomic E-state index is 0.00957. The average molecular weight is 289 g/mol. The van der Waals surface area contributed by atoms with Gasteiger partial charge in [0.05, 0.1) is 6.04 Å². The van der Waals surface area contributed by atoms with Gasteiger partial charge in [0.25, 0.3) is 0 Å². The smallest absolute Gasteiger partial charge is 0.178 e. The standard InChI is InChI=1S/C18H27NO2/c1-2-16(19-13-7-4-8-14-19)18(21)17(20)12-11-15-9-5-3-6-10-15/h3,5-6,9-10,16-17,20H,2,4,7-8,11-14H2,1H3. The van der Waals surface area contributed by atoms with Crippen molar-refractivity contribution >= 4 is 5.78 Å². The maximum Gasteiger partial charge on any atom is 0.178 e. The van der Waals surface area contributed by atoms with E-state index in [4.69, 9.17) is 0 Å². The van der Waals surface area contributed by atoms with E-state index in [-0.39, 0.29) is 11.8 Å². The van der Waals surface area contributed by atoms with Crippen molar-refractivity contribution in [2.75, 3.05) is 13.1 Å². The molecule has 1 aliphatic rings. The van der Waals surface area contributed by atoms with Gasteiger partial charge in [0.1, 0.15) is 6.10 Å². The van der Waals surface area contributed by atoms with Gasteiger partial charge in [-0.1, -0.05) is 43.7 Å². The molecule has 1 aromatic rings. The summed E-state index contributed by atoms with van der Waals surface area (Å²) in [6, 6.07) is 9.95. The van der Waals surface area contributed by atoms with Crippen LogP contribution in [-0.2, 0) is 11.2 Å². The quantitative estimate of drug-likeness (QED) is 0.839. The van der Waals surface area contributed by atoms with Crippen molar-refractivity contribution in [3.05, 3.63) is 35.9 Å². The van der Waals surface area contributed by atoms with Crippen LogP contribution in [0.2, 0.25) is 0 Å². The Morgan fingerprint density at radius 1 is 1.19 bits per heavy atom. The minimum atomic E-state index is -0.836. The maximum absolute atomic E-state index is 12.5. The summed E-state index contributed by atoms with van der Waals surface area (Å²) in [6.07, 6.45) is 4.83. The molecule has 2 rings (SSSR count). The van der Waals surface area contributed by atoms with Crippen LogP contribution in [0.15, 0.2) is 30.3 Å². The van der Waals surface area contributed by atoms with Gasteiger partial charge in [-0.25, -0.2) is 0 Å². The van der Waals surface area contributed by atoms with Crippen molar-refractivity contribution < 1.29 is 9.90 Å². The van der Waals surface area contributed by atoms with E-state index < -0.39 is 6.10 Å². The van der Waals surface area contributed by atoms with Crippen molar-refractivity contribution in [3.8, 4) is 0 Å². The molecule has 0 amide bonds. The van der Waals surface area contributed by atoms with Crippen LogP contribution in [0.3, 0.4) is 0 Å². The Morgan fingerprint density at radius 3 is 2.48 bits per heavy atom. The first-order valence-electron chi connectivity index (χ1n) is 8.22. The van der Waals surface area contributed by atoms with Gasteiger partial charge in [-0.3, -0.25) is 9.69 Å². The van der Waals surface area contributed by atoms with Gasteiger partial charge < -0.3 is 5.11 Å². The van der Waals surface area contributed by atoms with E-state index in [9.17, 15) is 9.90 Å². The van der Waals surface area contributed by atoms with Gasteiger partial charge in [-0.2, -0.15) is 0 Å². The molecule has 3 heteroatoms. The zero-order chi connectivity index (χ0) is 15.1. The largest absolute Gasteiger partial charge is 0.385 e. The summed E-state index contributed by atoms with van der Waals surface area (Å²) < 4.78 is 0. The fourth-order valence-electron chi connectivity index (χ4n) is 3.18. The summed E-state index contributed by atoms with van der Waals surface area (Å²) in [6.45, 7) is 4.03. The molecular formula is C18H27NO2. The van der Waals surface area contributed by atoms with Crippen LogP contribution in [0.25, 0.3) is 0 Å². The molecule has 21 heavy (non-hydrogen) atoms. The molecular weight excluding hydrogens is 262 g/mol. The monoisotopic (exact) mass is 289 g/mol. The minimum Gasteiger partial charge on any atom is -0.385 e. The highest BCUT2D eigenvalue weighted by Gasteiger charge is 2.29. The van der Waals surface area contributed by atoms with Crippen molar-refractivity contribution in [2.24, 2.45) is 0 Å². The van der Waals surface area contributed by atoms with Crippen molar-refractivity contribution in [1.82, 2.24) is 4.90 Å². The van der Waals surface area contributed by atoms with E-state index in [2.05, 4.69) is 4.90 Å². The number of aryl methyl sites for hydroxylation is 1. The second-order valence-corrected chi connectivity index (χ2v) is 5.96. The number of carbonyl (C=O) groups excluding carboxylic acids is 1. The number of Topliss-reactive ketones (excluding diaryl/α,β-unsaturated/α-hetero) is 1. The van der Waals surface area contributed by atoms with Crippen LogP contribution in [0, 0.1) is 0 Å². The first kappa shape index (κ1) is 16.2. The van der Waals surface area contributed by atoms with Crippen LogP contribution in [0.4, 0.5) is 0 Å². The molecule has 0 aliphatic carbocycles. The first-order valence-corrected chi connectivity index (χ1v) is 8.22. The third kappa shape index (κ3) is 4.65. The molecule has 1 fully saturated rings. The lowest BCUT2D eigenvalue weighted by molar-refractivity contribution is -0.133. The molecule has 1 saturated heterocycles. The summed E-state index contributed by atoms with van der Waals surface area (Å²) in [5.74, 6) is 0.00957. The molecule has 3 nitrogen and oxygen atoms in total. The van der Waals surface area contributed by atoms with E-state index >= 15 is 0 Å². The number of hydrogen-bond donors (Lipinski definition) is 1. The number of piperidine rings is 1. The third-order valence-electron chi connectivity index (χ3n) is 4.42. The Balaban J connectivity index is 1.87. The molecule has 0 radical (unpaired) electrons. The van der Waals surface area contributed by atoms with Gasteiger partial charge in [-0.05, 0) is 50.8 Å². The highest BCUT2D eigenvalue weighted by Crippen LogP contribution is 2.17. The number of aliphatic hydroxyl groups is 1. The molecule has 0 spiro atoms. The lowest BCUT2D eigenvalue weighted by Gasteiger charge is -2.34. The fraction of sp³-hybridized carbons (Fsp3) is 0.611. The molecule has 2 atom stereocenters. The molecule has 0 aromatic heterocycles. The third-order valence-corrected chi connectivity index (χ3v) is 4.42. The van der Waals surface area contributed by atoms with Crippen LogP contribution in [0.5, 0.6) is 0 Å². The SMILES string of the molecule is CCC(C(=O)C(O)CCc1ccccc1)N1CCCCC1. The van der Waals surface area contributed by atoms with Crippen LogP contribution in [0.1, 0.15) is 44.6 Å². The van der Waals surface area contributed by atoms with Gasteiger partial charge in [-0.15, -0.1) is 0 Å². The Labute approximate surface area is 128 Å². The highest BCUT2D eigenvalue weighted by atomic mass is 16.3. The molecule has 0 bridgehead atoms. The first-order chi connectivity index (χ1) is 10.2. The van der Waals surface area contributed by atoms with Crippen LogP contribution in [-0.4, -0.2) is 41.0 Å². The maximum atomic E-state index is 12.5. The molecule has 2 unspecified atom stereocenters. The number of hydrogen-bond acceptors (Lipinski definition) is 3. The Morgan fingerprint density at radius 2 is 1.86 bits per heavy atom. The molecule has 0 saturated carbocycles. The molecule has 116 valence electrons. The van der Waals surface area contributed by atoms with Crippen molar-refractivity contribution in [1.29, 1.82) is 0 Å². The number of benzene rings is 1. The Kier molecular flexibility index (Phi) is 6.40. The zero-order valence-electron chi connectivity index (χ0n) is 13.0. The van der Waals surface area contributed by atoms with E-state index in [0.717, 1.165) is 25.9 Å². The molecule has 1 heterocycles. The summed E-state index contributed by atoms with van der Waals surface area (Å²) in [5.41, 5.74) is 1.18. The van der Waals surface area contributed by atoms with E-state index in [1.165, 1.54) is 24.8 Å². The van der Waals surface area contributed by atoms with E-state index in [1.54, 1.807) is 0 Å². The van der Waals surface area contributed by atoms with Crippen molar-refractivity contribution in [2.45, 2.75) is 57.6 Å². The number of ketones is 1. The average Bonchev–Trinajstić information content (AvgIpc) is 2.55. The van der Waals surface area contributed by atoms with E-state index in [0.29, 0.717) is 6.42 Å². The summed E-state index contributed by atoms with van der Waals surface area (Å²) in [4.78, 5) is 14.8. The second-order valence-electron chi connectivity index (χ2n) is 5.96. The number of aliphatic hydroxyl groups excluding tert-OH is 1. The normalized spacial score (nSPS) is 19.1. The summed E-state index contributed by atoms with van der Waals surface area (Å²) in [7, 11) is 0. The van der Waals surface area contributed by atoms with Gasteiger partial charge in [0, 0.05) is 0 Å². The Hall–Kier alpha value is -1.19. The van der Waals surface area contributed by atoms with Gasteiger partial charge in [0.15, 0.2) is 5.78 Å². The summed E-state index contributed by atoms with van der Waals surface area (Å²) in [5, 5.41) is 10.2. The van der Waals surface area contributed by atoms with Gasteiger partial charge >= 0.3 is 0 Å². The summed E-state index contributed by atoms with van der Waals surface area (Å²) >= 11 is 0. The van der Waals surface area contributed by atoms with Crippen LogP contribution < -0.4 is 0 Å². The molecule has 1 aromatic carbocycles. The van der Waals surface area contributed by atoms with Crippen molar-refractivity contribution in [3.63, 3.8) is 0 Å². The molecule has 1 aliphatic heterocycles. The number of likely N-dealkylation sites (tertiary alicyclic amines) is 1. The lowest BCUT2D eigenvalue weighted by atomic mass is 9.96. The lowest BCUT2D eigenvalue weighted by Crippen LogP contribution is -2.47. The number of rotatable bonds is 7. The van der Waals surface area contributed by atoms with Gasteiger partial charge in [0.2, 0.25) is 0 Å². The molecule has 1 N–H and O–H groups in total. The van der Waals surface area contributed by atoms with E-state index in [1.807, 2.05) is 37.3 Å². The predicted molar refractivity (Wildman–Crippen MR) is 85.3 cm³/mol. The second kappa shape index (κ2) is 8.30. The zero-order valence-corrected chi connectivity index (χ0v) is 13.0. The highest BCUT2D eigenvalue weighted by molar-refractivity contribution is 5.88. The number of carbonyl (C=O) groups is 1.